The molecule has 0 aliphatic rings. The van der Waals surface area contributed by atoms with Crippen LogP contribution in [0.4, 0.5) is 5.13 Å². The molecule has 0 spiro atoms. The average molecular weight is 384 g/mol. The van der Waals surface area contributed by atoms with E-state index in [2.05, 4.69) is 45.3 Å². The van der Waals surface area contributed by atoms with Crippen LogP contribution in [0.25, 0.3) is 0 Å². The van der Waals surface area contributed by atoms with Gasteiger partial charge in [-0.05, 0) is 37.1 Å². The Morgan fingerprint density at radius 2 is 1.95 bits per heavy atom. The monoisotopic (exact) mass is 383 g/mol. The van der Waals surface area contributed by atoms with Crippen LogP contribution >= 0.6 is 27.3 Å². The minimum absolute atomic E-state index is 0.0540. The molecule has 2 rings (SSSR count). The molecule has 5 nitrogen and oxygen atoms in total. The second kappa shape index (κ2) is 8.24. The maximum Gasteiger partial charge on any atom is 0.264 e. The van der Waals surface area contributed by atoms with Gasteiger partial charge < -0.3 is 4.74 Å². The molecule has 0 fully saturated rings. The number of rotatable bonds is 7. The van der Waals surface area contributed by atoms with E-state index in [0.29, 0.717) is 16.8 Å². The van der Waals surface area contributed by atoms with Gasteiger partial charge in [0.1, 0.15) is 10.8 Å². The standard InChI is InChI=1S/C15H18BrN3O2S/c1-3-10(4-2)14-18-19-15(22-14)17-13(20)9-21-12-7-5-11(16)6-8-12/h5-8,10H,3-4,9H2,1-2H3,(H,17,19,20). The smallest absolute Gasteiger partial charge is 0.264 e. The van der Waals surface area contributed by atoms with E-state index in [1.807, 2.05) is 12.1 Å². The van der Waals surface area contributed by atoms with E-state index in [1.165, 1.54) is 11.3 Å². The summed E-state index contributed by atoms with van der Waals surface area (Å²) in [7, 11) is 0. The number of benzene rings is 1. The molecule has 0 saturated heterocycles. The molecule has 0 aliphatic heterocycles. The Hall–Kier alpha value is -1.47. The van der Waals surface area contributed by atoms with E-state index in [4.69, 9.17) is 4.74 Å². The van der Waals surface area contributed by atoms with Crippen LogP contribution in [0.1, 0.15) is 37.6 Å². The summed E-state index contributed by atoms with van der Waals surface area (Å²) in [6.07, 6.45) is 2.04. The summed E-state index contributed by atoms with van der Waals surface area (Å²) in [6, 6.07) is 7.32. The number of anilines is 1. The fraction of sp³-hybridized carbons (Fsp3) is 0.400. The molecule has 0 saturated carbocycles. The number of halogens is 1. The van der Waals surface area contributed by atoms with Crippen molar-refractivity contribution in [3.63, 3.8) is 0 Å². The topological polar surface area (TPSA) is 64.1 Å². The van der Waals surface area contributed by atoms with E-state index < -0.39 is 0 Å². The van der Waals surface area contributed by atoms with Crippen LogP contribution in [-0.4, -0.2) is 22.7 Å². The second-order valence-corrected chi connectivity index (χ2v) is 6.67. The van der Waals surface area contributed by atoms with Gasteiger partial charge in [-0.15, -0.1) is 10.2 Å². The molecule has 2 aromatic rings. The molecule has 1 aromatic heterocycles. The van der Waals surface area contributed by atoms with Gasteiger partial charge in [0.25, 0.3) is 5.91 Å². The van der Waals surface area contributed by atoms with E-state index in [-0.39, 0.29) is 12.5 Å². The maximum absolute atomic E-state index is 11.9. The molecule has 0 unspecified atom stereocenters. The van der Waals surface area contributed by atoms with Crippen LogP contribution in [-0.2, 0) is 4.79 Å². The lowest BCUT2D eigenvalue weighted by molar-refractivity contribution is -0.118. The molecule has 1 heterocycles. The number of aromatic nitrogens is 2. The third-order valence-corrected chi connectivity index (χ3v) is 4.74. The van der Waals surface area contributed by atoms with Gasteiger partial charge in [0.15, 0.2) is 6.61 Å². The molecule has 22 heavy (non-hydrogen) atoms. The molecule has 1 aromatic carbocycles. The number of nitrogens with zero attached hydrogens (tertiary/aromatic N) is 2. The number of carbonyl (C=O) groups is 1. The summed E-state index contributed by atoms with van der Waals surface area (Å²) in [5, 5.41) is 12.4. The normalized spacial score (nSPS) is 10.7. The van der Waals surface area contributed by atoms with Crippen LogP contribution in [0.15, 0.2) is 28.7 Å². The fourth-order valence-corrected chi connectivity index (χ4v) is 3.21. The van der Waals surface area contributed by atoms with Crippen molar-refractivity contribution in [2.45, 2.75) is 32.6 Å². The fourth-order valence-electron chi connectivity index (χ4n) is 1.92. The number of hydrogen-bond donors (Lipinski definition) is 1. The van der Waals surface area contributed by atoms with Crippen molar-refractivity contribution in [1.82, 2.24) is 10.2 Å². The summed E-state index contributed by atoms with van der Waals surface area (Å²) < 4.78 is 6.38. The van der Waals surface area contributed by atoms with Crippen molar-refractivity contribution in [2.75, 3.05) is 11.9 Å². The van der Waals surface area contributed by atoms with E-state index >= 15 is 0 Å². The Balaban J connectivity index is 1.85. The highest BCUT2D eigenvalue weighted by Crippen LogP contribution is 2.28. The van der Waals surface area contributed by atoms with Gasteiger partial charge in [-0.2, -0.15) is 0 Å². The minimum atomic E-state index is -0.241. The number of hydrogen-bond acceptors (Lipinski definition) is 5. The lowest BCUT2D eigenvalue weighted by Gasteiger charge is -2.06. The van der Waals surface area contributed by atoms with Crippen molar-refractivity contribution in [2.24, 2.45) is 0 Å². The first kappa shape index (κ1) is 16.9. The second-order valence-electron chi connectivity index (χ2n) is 4.75. The van der Waals surface area contributed by atoms with Gasteiger partial charge in [-0.3, -0.25) is 10.1 Å². The molecule has 7 heteroatoms. The molecule has 118 valence electrons. The third-order valence-electron chi connectivity index (χ3n) is 3.21. The first-order valence-corrected chi connectivity index (χ1v) is 8.75. The third kappa shape index (κ3) is 4.78. The summed E-state index contributed by atoms with van der Waals surface area (Å²) in [5.74, 6) is 0.811. The van der Waals surface area contributed by atoms with E-state index in [0.717, 1.165) is 22.3 Å². The number of nitrogens with one attached hydrogen (secondary N) is 1. The minimum Gasteiger partial charge on any atom is -0.484 e. The Morgan fingerprint density at radius 3 is 2.59 bits per heavy atom. The van der Waals surface area contributed by atoms with Gasteiger partial charge in [0.2, 0.25) is 5.13 Å². The Morgan fingerprint density at radius 1 is 1.27 bits per heavy atom. The zero-order valence-corrected chi connectivity index (χ0v) is 14.9. The summed E-state index contributed by atoms with van der Waals surface area (Å²) in [5.41, 5.74) is 0. The van der Waals surface area contributed by atoms with Gasteiger partial charge in [0.05, 0.1) is 0 Å². The Bertz CT molecular complexity index is 612. The van der Waals surface area contributed by atoms with Gasteiger partial charge in [-0.25, -0.2) is 0 Å². The summed E-state index contributed by atoms with van der Waals surface area (Å²) in [6.45, 7) is 4.20. The summed E-state index contributed by atoms with van der Waals surface area (Å²) in [4.78, 5) is 11.9. The van der Waals surface area contributed by atoms with Crippen LogP contribution in [0.3, 0.4) is 0 Å². The molecule has 1 N–H and O–H groups in total. The van der Waals surface area contributed by atoms with Crippen LogP contribution in [0.5, 0.6) is 5.75 Å². The maximum atomic E-state index is 11.9. The quantitative estimate of drug-likeness (QED) is 0.776. The molecule has 0 atom stereocenters. The first-order chi connectivity index (χ1) is 10.6. The molecule has 0 radical (unpaired) electrons. The highest BCUT2D eigenvalue weighted by atomic mass is 79.9. The molecular formula is C15H18BrN3O2S. The zero-order chi connectivity index (χ0) is 15.9. The van der Waals surface area contributed by atoms with E-state index in [9.17, 15) is 4.79 Å². The van der Waals surface area contributed by atoms with Crippen molar-refractivity contribution in [1.29, 1.82) is 0 Å². The van der Waals surface area contributed by atoms with Crippen molar-refractivity contribution >= 4 is 38.3 Å². The molecular weight excluding hydrogens is 366 g/mol. The predicted molar refractivity (Wildman–Crippen MR) is 91.5 cm³/mol. The van der Waals surface area contributed by atoms with E-state index in [1.54, 1.807) is 12.1 Å². The van der Waals surface area contributed by atoms with Crippen molar-refractivity contribution in [3.05, 3.63) is 33.7 Å². The number of amides is 1. The van der Waals surface area contributed by atoms with Crippen molar-refractivity contribution in [3.8, 4) is 5.75 Å². The number of ether oxygens (including phenoxy) is 1. The van der Waals surface area contributed by atoms with Gasteiger partial charge in [0, 0.05) is 10.4 Å². The predicted octanol–water partition coefficient (Wildman–Crippen LogP) is 4.22. The van der Waals surface area contributed by atoms with Gasteiger partial charge in [-0.1, -0.05) is 41.1 Å². The lowest BCUT2D eigenvalue weighted by Crippen LogP contribution is -2.20. The SMILES string of the molecule is CCC(CC)c1nnc(NC(=O)COc2ccc(Br)cc2)s1. The zero-order valence-electron chi connectivity index (χ0n) is 12.5. The number of carbonyl (C=O) groups excluding carboxylic acids is 1. The van der Waals surface area contributed by atoms with Crippen LogP contribution in [0.2, 0.25) is 0 Å². The van der Waals surface area contributed by atoms with Crippen molar-refractivity contribution < 1.29 is 9.53 Å². The lowest BCUT2D eigenvalue weighted by atomic mass is 10.1. The molecule has 1 amide bonds. The highest BCUT2D eigenvalue weighted by molar-refractivity contribution is 9.10. The Kier molecular flexibility index (Phi) is 6.33. The largest absolute Gasteiger partial charge is 0.484 e. The van der Waals surface area contributed by atoms with Crippen LogP contribution < -0.4 is 10.1 Å². The first-order valence-electron chi connectivity index (χ1n) is 7.14. The molecule has 0 bridgehead atoms. The van der Waals surface area contributed by atoms with Gasteiger partial charge >= 0.3 is 0 Å². The average Bonchev–Trinajstić information content (AvgIpc) is 2.96. The summed E-state index contributed by atoms with van der Waals surface area (Å²) >= 11 is 4.77. The molecule has 0 aliphatic carbocycles. The van der Waals surface area contributed by atoms with Crippen LogP contribution in [0, 0.1) is 0 Å². The highest BCUT2D eigenvalue weighted by Gasteiger charge is 2.14. The Labute approximate surface area is 142 Å².